The minimum Gasteiger partial charge on any atom is -0.497 e. The topological polar surface area (TPSA) is 88.5 Å². The van der Waals surface area contributed by atoms with Crippen LogP contribution in [0.25, 0.3) is 0 Å². The molecule has 0 spiro atoms. The molecule has 3 unspecified atom stereocenters. The van der Waals surface area contributed by atoms with Crippen LogP contribution in [0, 0.1) is 5.92 Å². The number of anilines is 2. The number of ether oxygens (including phenoxy) is 3. The van der Waals surface area contributed by atoms with Crippen molar-refractivity contribution in [2.24, 2.45) is 5.92 Å². The summed E-state index contributed by atoms with van der Waals surface area (Å²) in [6.45, 7) is 0.869. The fourth-order valence-corrected chi connectivity index (χ4v) is 5.51. The van der Waals surface area contributed by atoms with E-state index in [1.54, 1.807) is 12.0 Å². The molecule has 0 saturated carbocycles. The van der Waals surface area contributed by atoms with Gasteiger partial charge >= 0.3 is 5.97 Å². The molecule has 0 bridgehead atoms. The standard InChI is InChI=1S/C20H21NO5.C13H11NO/c1-21-10-15(13-5-8-16-17(9-13)26-11-25-16)18(20(22)23)19(21)12-3-6-14(24-2)7-4-12;15-11-14(12-7-3-1-4-8-12)13-9-5-2-6-10-13/h3-9,15,18-19H,10-11H2,1-2H3,(H,22,23);1-11H. The van der Waals surface area contributed by atoms with Gasteiger partial charge in [-0.3, -0.25) is 19.4 Å². The molecule has 4 aromatic rings. The third kappa shape index (κ3) is 6.02. The van der Waals surface area contributed by atoms with Crippen molar-refractivity contribution in [1.82, 2.24) is 4.90 Å². The van der Waals surface area contributed by atoms with Gasteiger partial charge in [-0.05, 0) is 66.7 Å². The van der Waals surface area contributed by atoms with Crippen LogP contribution in [-0.4, -0.2) is 49.9 Å². The van der Waals surface area contributed by atoms with Gasteiger partial charge in [0.05, 0.1) is 13.0 Å². The number of carbonyl (C=O) groups is 2. The molecule has 4 aromatic carbocycles. The second-order valence-electron chi connectivity index (χ2n) is 9.89. The van der Waals surface area contributed by atoms with Gasteiger partial charge in [-0.2, -0.15) is 0 Å². The fraction of sp³-hybridized carbons (Fsp3) is 0.212. The van der Waals surface area contributed by atoms with E-state index in [-0.39, 0.29) is 18.8 Å². The van der Waals surface area contributed by atoms with Gasteiger partial charge in [0, 0.05) is 29.9 Å². The highest BCUT2D eigenvalue weighted by atomic mass is 16.7. The van der Waals surface area contributed by atoms with Crippen molar-refractivity contribution < 1.29 is 28.9 Å². The van der Waals surface area contributed by atoms with E-state index in [0.717, 1.165) is 34.7 Å². The minimum absolute atomic E-state index is 0.126. The van der Waals surface area contributed by atoms with E-state index in [1.807, 2.05) is 110 Å². The number of carboxylic acids is 1. The average molecular weight is 553 g/mol. The first-order valence-corrected chi connectivity index (χ1v) is 13.3. The summed E-state index contributed by atoms with van der Waals surface area (Å²) in [4.78, 5) is 26.9. The zero-order valence-electron chi connectivity index (χ0n) is 22.9. The molecule has 8 heteroatoms. The second-order valence-corrected chi connectivity index (χ2v) is 9.89. The molecule has 0 aromatic heterocycles. The number of hydrogen-bond donors (Lipinski definition) is 1. The molecule has 210 valence electrons. The molecule has 1 amide bonds. The van der Waals surface area contributed by atoms with Gasteiger partial charge in [-0.1, -0.05) is 54.6 Å². The Balaban J connectivity index is 0.000000191. The Bertz CT molecular complexity index is 1420. The summed E-state index contributed by atoms with van der Waals surface area (Å²) in [5.74, 6) is 0.681. The molecule has 8 nitrogen and oxygen atoms in total. The van der Waals surface area contributed by atoms with E-state index < -0.39 is 11.9 Å². The summed E-state index contributed by atoms with van der Waals surface area (Å²) >= 11 is 0. The van der Waals surface area contributed by atoms with Crippen LogP contribution in [0.3, 0.4) is 0 Å². The fourth-order valence-electron chi connectivity index (χ4n) is 5.51. The highest BCUT2D eigenvalue weighted by Gasteiger charge is 2.46. The predicted octanol–water partition coefficient (Wildman–Crippen LogP) is 5.88. The van der Waals surface area contributed by atoms with Gasteiger partial charge in [0.15, 0.2) is 11.5 Å². The van der Waals surface area contributed by atoms with E-state index in [2.05, 4.69) is 4.90 Å². The molecule has 1 fully saturated rings. The van der Waals surface area contributed by atoms with Crippen molar-refractivity contribution in [3.05, 3.63) is 114 Å². The van der Waals surface area contributed by atoms with Crippen LogP contribution >= 0.6 is 0 Å². The van der Waals surface area contributed by atoms with E-state index in [1.165, 1.54) is 0 Å². The Hall–Kier alpha value is -4.82. The van der Waals surface area contributed by atoms with Crippen molar-refractivity contribution >= 4 is 23.8 Å². The minimum atomic E-state index is -0.794. The third-order valence-electron chi connectivity index (χ3n) is 7.47. The molecule has 3 atom stereocenters. The Labute approximate surface area is 239 Å². The summed E-state index contributed by atoms with van der Waals surface area (Å²) in [5.41, 5.74) is 3.69. The first kappa shape index (κ1) is 27.7. The maximum atomic E-state index is 12.2. The zero-order valence-corrected chi connectivity index (χ0v) is 22.9. The lowest BCUT2D eigenvalue weighted by atomic mass is 9.83. The Morgan fingerprint density at radius 1 is 0.878 bits per heavy atom. The van der Waals surface area contributed by atoms with Crippen molar-refractivity contribution in [3.63, 3.8) is 0 Å². The number of rotatable bonds is 7. The van der Waals surface area contributed by atoms with Gasteiger partial charge in [0.25, 0.3) is 0 Å². The molecule has 2 aliphatic rings. The monoisotopic (exact) mass is 552 g/mol. The van der Waals surface area contributed by atoms with E-state index in [0.29, 0.717) is 18.0 Å². The number of aliphatic carboxylic acids is 1. The number of methoxy groups -OCH3 is 1. The molecular weight excluding hydrogens is 520 g/mol. The van der Waals surface area contributed by atoms with Crippen LogP contribution in [0.5, 0.6) is 17.2 Å². The number of carboxylic acid groups (broad SMARTS) is 1. The summed E-state index contributed by atoms with van der Waals surface area (Å²) in [7, 11) is 3.59. The van der Waals surface area contributed by atoms with Crippen molar-refractivity contribution in [1.29, 1.82) is 0 Å². The number of likely N-dealkylation sites (tertiary alicyclic amines) is 1. The summed E-state index contributed by atoms with van der Waals surface area (Å²) in [6, 6.07) is 32.3. The number of likely N-dealkylation sites (N-methyl/N-ethyl adjacent to an activating group) is 1. The number of benzene rings is 4. The quantitative estimate of drug-likeness (QED) is 0.287. The lowest BCUT2D eigenvalue weighted by Gasteiger charge is -2.24. The van der Waals surface area contributed by atoms with Gasteiger partial charge in [-0.25, -0.2) is 0 Å². The number of hydrogen-bond acceptors (Lipinski definition) is 6. The van der Waals surface area contributed by atoms with Crippen LogP contribution < -0.4 is 19.1 Å². The highest BCUT2D eigenvalue weighted by Crippen LogP contribution is 2.47. The lowest BCUT2D eigenvalue weighted by molar-refractivity contribution is -0.143. The smallest absolute Gasteiger partial charge is 0.309 e. The molecular formula is C33H32N2O6. The maximum Gasteiger partial charge on any atom is 0.309 e. The van der Waals surface area contributed by atoms with Crippen molar-refractivity contribution in [2.45, 2.75) is 12.0 Å². The van der Waals surface area contributed by atoms with Crippen LogP contribution in [0.2, 0.25) is 0 Å². The van der Waals surface area contributed by atoms with Crippen LogP contribution in [0.15, 0.2) is 103 Å². The molecule has 0 radical (unpaired) electrons. The maximum absolute atomic E-state index is 12.2. The van der Waals surface area contributed by atoms with Gasteiger partial charge in [-0.15, -0.1) is 0 Å². The first-order chi connectivity index (χ1) is 20.0. The molecule has 0 aliphatic carbocycles. The second kappa shape index (κ2) is 12.6. The Morgan fingerprint density at radius 2 is 1.46 bits per heavy atom. The number of amides is 1. The normalized spacial score (nSPS) is 19.1. The van der Waals surface area contributed by atoms with E-state index in [4.69, 9.17) is 14.2 Å². The van der Waals surface area contributed by atoms with Crippen molar-refractivity contribution in [3.8, 4) is 17.2 Å². The Morgan fingerprint density at radius 3 is 2.02 bits per heavy atom. The molecule has 1 N–H and O–H groups in total. The predicted molar refractivity (Wildman–Crippen MR) is 156 cm³/mol. The summed E-state index contributed by atoms with van der Waals surface area (Å²) in [6.07, 6.45) is 0.824. The molecule has 2 aliphatic heterocycles. The van der Waals surface area contributed by atoms with Crippen LogP contribution in [0.4, 0.5) is 11.4 Å². The zero-order chi connectivity index (χ0) is 28.8. The van der Waals surface area contributed by atoms with E-state index in [9.17, 15) is 14.7 Å². The Kier molecular flexibility index (Phi) is 8.50. The highest BCUT2D eigenvalue weighted by molar-refractivity contribution is 5.86. The number of para-hydroxylation sites is 2. The molecule has 2 heterocycles. The van der Waals surface area contributed by atoms with Gasteiger partial charge in [0.2, 0.25) is 13.2 Å². The van der Waals surface area contributed by atoms with Gasteiger partial charge < -0.3 is 19.3 Å². The van der Waals surface area contributed by atoms with E-state index >= 15 is 0 Å². The molecule has 41 heavy (non-hydrogen) atoms. The third-order valence-corrected chi connectivity index (χ3v) is 7.47. The molecule has 1 saturated heterocycles. The summed E-state index contributed by atoms with van der Waals surface area (Å²) < 4.78 is 16.0. The summed E-state index contributed by atoms with van der Waals surface area (Å²) in [5, 5.41) is 9.98. The number of fused-ring (bicyclic) bond motifs is 1. The average Bonchev–Trinajstić information content (AvgIpc) is 3.63. The van der Waals surface area contributed by atoms with Crippen LogP contribution in [-0.2, 0) is 9.59 Å². The largest absolute Gasteiger partial charge is 0.497 e. The van der Waals surface area contributed by atoms with Crippen molar-refractivity contribution in [2.75, 3.05) is 32.4 Å². The van der Waals surface area contributed by atoms with Crippen LogP contribution in [0.1, 0.15) is 23.1 Å². The molecule has 6 rings (SSSR count). The number of carbonyl (C=O) groups excluding carboxylic acids is 1. The SMILES string of the molecule is COc1ccc(C2C(C(=O)O)C(c3ccc4c(c3)OCO4)CN2C)cc1.O=CN(c1ccccc1)c1ccccc1. The van der Waals surface area contributed by atoms with Gasteiger partial charge in [0.1, 0.15) is 5.75 Å². The lowest BCUT2D eigenvalue weighted by Crippen LogP contribution is -2.26. The number of nitrogens with zero attached hydrogens (tertiary/aromatic N) is 2. The first-order valence-electron chi connectivity index (χ1n) is 13.3.